The summed E-state index contributed by atoms with van der Waals surface area (Å²) in [6, 6.07) is 0.757. The average molecular weight is 236 g/mol. The lowest BCUT2D eigenvalue weighted by Gasteiger charge is -2.36. The first-order valence-electron chi connectivity index (χ1n) is 6.86. The van der Waals surface area contributed by atoms with Gasteiger partial charge in [-0.25, -0.2) is 4.98 Å². The van der Waals surface area contributed by atoms with E-state index in [0.717, 1.165) is 18.5 Å². The van der Waals surface area contributed by atoms with Crippen molar-refractivity contribution in [1.82, 2.24) is 19.7 Å². The smallest absolute Gasteiger partial charge is 0.137 e. The number of hydrogen-bond donors (Lipinski definition) is 0. The van der Waals surface area contributed by atoms with Crippen molar-refractivity contribution in [3.63, 3.8) is 0 Å². The first-order chi connectivity index (χ1) is 8.29. The predicted octanol–water partition coefficient (Wildman–Crippen LogP) is 2.18. The first kappa shape index (κ1) is 12.6. The van der Waals surface area contributed by atoms with Gasteiger partial charge in [0, 0.05) is 12.6 Å². The van der Waals surface area contributed by atoms with Crippen LogP contribution in [0.5, 0.6) is 0 Å². The van der Waals surface area contributed by atoms with Gasteiger partial charge in [0.25, 0.3) is 0 Å². The van der Waals surface area contributed by atoms with Crippen LogP contribution in [0.25, 0.3) is 0 Å². The summed E-state index contributed by atoms with van der Waals surface area (Å²) in [5.41, 5.74) is 0. The molecule has 0 radical (unpaired) electrons. The summed E-state index contributed by atoms with van der Waals surface area (Å²) in [6.07, 6.45) is 8.67. The van der Waals surface area contributed by atoms with Gasteiger partial charge in [-0.1, -0.05) is 13.3 Å². The fourth-order valence-corrected chi connectivity index (χ4v) is 2.77. The Morgan fingerprint density at radius 2 is 2.12 bits per heavy atom. The first-order valence-corrected chi connectivity index (χ1v) is 6.86. The van der Waals surface area contributed by atoms with Crippen LogP contribution in [0.1, 0.15) is 39.5 Å². The van der Waals surface area contributed by atoms with Crippen LogP contribution >= 0.6 is 0 Å². The van der Waals surface area contributed by atoms with Crippen molar-refractivity contribution in [1.29, 1.82) is 0 Å². The maximum absolute atomic E-state index is 4.19. The molecule has 0 N–H and O–H groups in total. The van der Waals surface area contributed by atoms with Gasteiger partial charge in [0.1, 0.15) is 12.7 Å². The zero-order valence-corrected chi connectivity index (χ0v) is 11.0. The zero-order valence-electron chi connectivity index (χ0n) is 11.0. The Morgan fingerprint density at radius 3 is 2.71 bits per heavy atom. The third-order valence-corrected chi connectivity index (χ3v) is 3.89. The fourth-order valence-electron chi connectivity index (χ4n) is 2.77. The van der Waals surface area contributed by atoms with Crippen LogP contribution in [0.3, 0.4) is 0 Å². The molecule has 0 bridgehead atoms. The second-order valence-corrected chi connectivity index (χ2v) is 5.23. The summed E-state index contributed by atoms with van der Waals surface area (Å²) in [5.74, 6) is 0.779. The molecule has 4 heteroatoms. The van der Waals surface area contributed by atoms with E-state index in [2.05, 4.69) is 28.8 Å². The maximum atomic E-state index is 4.19. The van der Waals surface area contributed by atoms with Crippen molar-refractivity contribution in [2.24, 2.45) is 5.92 Å². The molecule has 2 rings (SSSR count). The van der Waals surface area contributed by atoms with Crippen molar-refractivity contribution >= 4 is 0 Å². The summed E-state index contributed by atoms with van der Waals surface area (Å²) in [5, 5.41) is 4.19. The van der Waals surface area contributed by atoms with Gasteiger partial charge in [-0.15, -0.1) is 0 Å². The highest BCUT2D eigenvalue weighted by molar-refractivity contribution is 4.76. The van der Waals surface area contributed by atoms with Crippen molar-refractivity contribution in [2.45, 2.75) is 52.1 Å². The van der Waals surface area contributed by atoms with Crippen LogP contribution in [0.4, 0.5) is 0 Å². The van der Waals surface area contributed by atoms with Gasteiger partial charge >= 0.3 is 0 Å². The number of piperidine rings is 1. The Labute approximate surface area is 104 Å². The van der Waals surface area contributed by atoms with Crippen LogP contribution in [0.2, 0.25) is 0 Å². The normalized spacial score (nSPS) is 20.6. The number of rotatable bonds is 5. The molecule has 0 saturated carbocycles. The maximum Gasteiger partial charge on any atom is 0.137 e. The van der Waals surface area contributed by atoms with E-state index in [1.165, 1.54) is 38.8 Å². The van der Waals surface area contributed by atoms with Crippen molar-refractivity contribution in [3.05, 3.63) is 12.7 Å². The molecule has 1 unspecified atom stereocenters. The molecular weight excluding hydrogens is 212 g/mol. The van der Waals surface area contributed by atoms with E-state index in [-0.39, 0.29) is 0 Å². The van der Waals surface area contributed by atoms with E-state index in [4.69, 9.17) is 0 Å². The second-order valence-electron chi connectivity index (χ2n) is 5.23. The molecule has 1 fully saturated rings. The lowest BCUT2D eigenvalue weighted by Crippen LogP contribution is -2.40. The van der Waals surface area contributed by atoms with E-state index in [1.807, 2.05) is 11.0 Å². The van der Waals surface area contributed by atoms with Gasteiger partial charge in [0.2, 0.25) is 0 Å². The number of hydrogen-bond acceptors (Lipinski definition) is 3. The van der Waals surface area contributed by atoms with Gasteiger partial charge in [0.05, 0.1) is 0 Å². The van der Waals surface area contributed by atoms with E-state index >= 15 is 0 Å². The largest absolute Gasteiger partial charge is 0.301 e. The number of aromatic nitrogens is 3. The third-order valence-electron chi connectivity index (χ3n) is 3.89. The van der Waals surface area contributed by atoms with Crippen LogP contribution in [0.15, 0.2) is 12.7 Å². The van der Waals surface area contributed by atoms with E-state index in [9.17, 15) is 0 Å². The molecule has 0 aromatic carbocycles. The van der Waals surface area contributed by atoms with Crippen LogP contribution in [-0.2, 0) is 6.54 Å². The molecule has 17 heavy (non-hydrogen) atoms. The van der Waals surface area contributed by atoms with Crippen molar-refractivity contribution in [2.75, 3.05) is 13.1 Å². The van der Waals surface area contributed by atoms with Gasteiger partial charge < -0.3 is 4.90 Å². The van der Waals surface area contributed by atoms with Crippen LogP contribution in [0, 0.1) is 5.92 Å². The zero-order chi connectivity index (χ0) is 12.1. The minimum absolute atomic E-state index is 0.757. The quantitative estimate of drug-likeness (QED) is 0.786. The summed E-state index contributed by atoms with van der Waals surface area (Å²) < 4.78 is 1.97. The Kier molecular flexibility index (Phi) is 4.54. The molecule has 4 nitrogen and oxygen atoms in total. The minimum atomic E-state index is 0.757. The third kappa shape index (κ3) is 3.53. The predicted molar refractivity (Wildman–Crippen MR) is 68.7 cm³/mol. The SMILES string of the molecule is CCCC(C)N1CCC(Cn2cncn2)CC1. The average Bonchev–Trinajstić information content (AvgIpc) is 2.83. The van der Waals surface area contributed by atoms with E-state index < -0.39 is 0 Å². The number of likely N-dealkylation sites (tertiary alicyclic amines) is 1. The lowest BCUT2D eigenvalue weighted by molar-refractivity contribution is 0.126. The number of nitrogens with zero attached hydrogens (tertiary/aromatic N) is 4. The molecule has 0 spiro atoms. The van der Waals surface area contributed by atoms with Crippen molar-refractivity contribution in [3.8, 4) is 0 Å². The van der Waals surface area contributed by atoms with Gasteiger partial charge in [-0.05, 0) is 45.2 Å². The molecule has 1 atom stereocenters. The molecule has 1 aromatic heterocycles. The van der Waals surface area contributed by atoms with Crippen LogP contribution in [-0.4, -0.2) is 38.8 Å². The highest BCUT2D eigenvalue weighted by Crippen LogP contribution is 2.21. The topological polar surface area (TPSA) is 34.0 Å². The van der Waals surface area contributed by atoms with E-state index in [1.54, 1.807) is 6.33 Å². The highest BCUT2D eigenvalue weighted by atomic mass is 15.3. The molecule has 2 heterocycles. The molecule has 1 aliphatic rings. The van der Waals surface area contributed by atoms with Crippen molar-refractivity contribution < 1.29 is 0 Å². The molecule has 96 valence electrons. The molecule has 1 aromatic rings. The fraction of sp³-hybridized carbons (Fsp3) is 0.846. The molecule has 0 amide bonds. The molecule has 1 aliphatic heterocycles. The molecule has 0 aliphatic carbocycles. The monoisotopic (exact) mass is 236 g/mol. The second kappa shape index (κ2) is 6.15. The Hall–Kier alpha value is -0.900. The minimum Gasteiger partial charge on any atom is -0.301 e. The summed E-state index contributed by atoms with van der Waals surface area (Å²) in [6.45, 7) is 8.17. The van der Waals surface area contributed by atoms with Crippen LogP contribution < -0.4 is 0 Å². The molecular formula is C13H24N4. The van der Waals surface area contributed by atoms with E-state index in [0.29, 0.717) is 0 Å². The Bertz CT molecular complexity index is 301. The standard InChI is InChI=1S/C13H24N4/c1-3-4-12(2)16-7-5-13(6-8-16)9-17-11-14-10-15-17/h10-13H,3-9H2,1-2H3. The highest BCUT2D eigenvalue weighted by Gasteiger charge is 2.22. The molecule has 1 saturated heterocycles. The summed E-state index contributed by atoms with van der Waals surface area (Å²) >= 11 is 0. The van der Waals surface area contributed by atoms with Gasteiger partial charge in [-0.3, -0.25) is 4.68 Å². The van der Waals surface area contributed by atoms with Gasteiger partial charge in [0.15, 0.2) is 0 Å². The Morgan fingerprint density at radius 1 is 1.35 bits per heavy atom. The summed E-state index contributed by atoms with van der Waals surface area (Å²) in [4.78, 5) is 6.64. The van der Waals surface area contributed by atoms with Gasteiger partial charge in [-0.2, -0.15) is 5.10 Å². The summed E-state index contributed by atoms with van der Waals surface area (Å²) in [7, 11) is 0. The lowest BCUT2D eigenvalue weighted by atomic mass is 9.95. The Balaban J connectivity index is 1.74.